The van der Waals surface area contributed by atoms with E-state index in [1.54, 1.807) is 0 Å². The third kappa shape index (κ3) is 3.39. The summed E-state index contributed by atoms with van der Waals surface area (Å²) in [7, 11) is 0. The van der Waals surface area contributed by atoms with E-state index in [4.69, 9.17) is 0 Å². The van der Waals surface area contributed by atoms with Crippen molar-refractivity contribution >= 4 is 38.7 Å². The molecule has 7 aromatic rings. The van der Waals surface area contributed by atoms with Gasteiger partial charge in [0.25, 0.3) is 0 Å². The zero-order valence-electron chi connectivity index (χ0n) is 21.3. The van der Waals surface area contributed by atoms with Crippen molar-refractivity contribution in [1.29, 1.82) is 0 Å². The zero-order valence-corrected chi connectivity index (χ0v) is 21.3. The first-order chi connectivity index (χ1) is 19.4. The van der Waals surface area contributed by atoms with Crippen LogP contribution in [0.15, 0.2) is 146 Å². The highest BCUT2D eigenvalue weighted by Crippen LogP contribution is 2.52. The highest BCUT2D eigenvalue weighted by atomic mass is 15.2. The third-order valence-electron chi connectivity index (χ3n) is 7.84. The number of rotatable bonds is 4. The largest absolute Gasteiger partial charge is 0.295 e. The fourth-order valence-electron chi connectivity index (χ4n) is 6.14. The number of benzene rings is 6. The summed E-state index contributed by atoms with van der Waals surface area (Å²) in [5, 5.41) is 5.25. The van der Waals surface area contributed by atoms with Crippen LogP contribution in [0.1, 0.15) is 0 Å². The lowest BCUT2D eigenvalue weighted by Gasteiger charge is -2.24. The van der Waals surface area contributed by atoms with Crippen molar-refractivity contribution in [2.24, 2.45) is 0 Å². The first-order valence-corrected chi connectivity index (χ1v) is 13.3. The van der Waals surface area contributed by atoms with Crippen LogP contribution in [0.2, 0.25) is 0 Å². The molecule has 2 heteroatoms. The van der Waals surface area contributed by atoms with E-state index in [1.807, 2.05) is 30.5 Å². The van der Waals surface area contributed by atoms with Crippen molar-refractivity contribution in [3.8, 4) is 33.4 Å². The molecule has 0 radical (unpaired) electrons. The molecule has 6 aromatic carbocycles. The Morgan fingerprint density at radius 3 is 1.97 bits per heavy atom. The summed E-state index contributed by atoms with van der Waals surface area (Å²) in [5.74, 6) is 0.894. The van der Waals surface area contributed by atoms with Gasteiger partial charge in [-0.15, -0.1) is 0 Å². The van der Waals surface area contributed by atoms with Crippen molar-refractivity contribution in [1.82, 2.24) is 4.98 Å². The lowest BCUT2D eigenvalue weighted by molar-refractivity contribution is 1.18. The number of nitrogens with zero attached hydrogens (tertiary/aromatic N) is 2. The minimum Gasteiger partial charge on any atom is -0.295 e. The van der Waals surface area contributed by atoms with Crippen molar-refractivity contribution in [2.45, 2.75) is 0 Å². The van der Waals surface area contributed by atoms with Gasteiger partial charge in [0.15, 0.2) is 0 Å². The van der Waals surface area contributed by atoms with Gasteiger partial charge >= 0.3 is 0 Å². The number of pyridine rings is 1. The first kappa shape index (κ1) is 21.8. The van der Waals surface area contributed by atoms with E-state index in [0.717, 1.165) is 17.2 Å². The van der Waals surface area contributed by atoms with E-state index in [-0.39, 0.29) is 0 Å². The molecule has 0 bridgehead atoms. The maximum Gasteiger partial charge on any atom is 0.137 e. The van der Waals surface area contributed by atoms with Crippen molar-refractivity contribution in [3.63, 3.8) is 0 Å². The second-order valence-electron chi connectivity index (χ2n) is 10.0. The molecule has 1 aromatic heterocycles. The molecule has 0 spiro atoms. The molecule has 8 rings (SSSR count). The van der Waals surface area contributed by atoms with Gasteiger partial charge in [0, 0.05) is 17.6 Å². The van der Waals surface area contributed by atoms with E-state index in [1.165, 1.54) is 54.9 Å². The fourth-order valence-corrected chi connectivity index (χ4v) is 6.14. The predicted molar refractivity (Wildman–Crippen MR) is 164 cm³/mol. The quantitative estimate of drug-likeness (QED) is 0.225. The van der Waals surface area contributed by atoms with Gasteiger partial charge in [0.1, 0.15) is 5.82 Å². The smallest absolute Gasteiger partial charge is 0.137 e. The van der Waals surface area contributed by atoms with Gasteiger partial charge in [-0.25, -0.2) is 4.98 Å². The van der Waals surface area contributed by atoms with Gasteiger partial charge < -0.3 is 0 Å². The molecule has 1 aliphatic rings. The van der Waals surface area contributed by atoms with Gasteiger partial charge in [-0.2, -0.15) is 0 Å². The summed E-state index contributed by atoms with van der Waals surface area (Å²) in [6, 6.07) is 49.9. The van der Waals surface area contributed by atoms with E-state index < -0.39 is 0 Å². The Morgan fingerprint density at radius 1 is 0.462 bits per heavy atom. The molecule has 0 amide bonds. The average Bonchev–Trinajstić information content (AvgIpc) is 3.35. The van der Waals surface area contributed by atoms with Crippen LogP contribution in [0.25, 0.3) is 54.9 Å². The van der Waals surface area contributed by atoms with Crippen LogP contribution < -0.4 is 4.90 Å². The predicted octanol–water partition coefficient (Wildman–Crippen LogP) is 10.2. The number of para-hydroxylation sites is 1. The molecular weight excluding hydrogens is 472 g/mol. The minimum absolute atomic E-state index is 0.894. The first-order valence-electron chi connectivity index (χ1n) is 13.3. The maximum atomic E-state index is 4.65. The molecular formula is C37H24N2. The molecule has 0 atom stereocenters. The van der Waals surface area contributed by atoms with Crippen LogP contribution in [0.3, 0.4) is 0 Å². The topological polar surface area (TPSA) is 16.1 Å². The van der Waals surface area contributed by atoms with Crippen LogP contribution in [-0.2, 0) is 0 Å². The van der Waals surface area contributed by atoms with Crippen molar-refractivity contribution < 1.29 is 0 Å². The molecule has 0 fully saturated rings. The van der Waals surface area contributed by atoms with Crippen LogP contribution in [0.5, 0.6) is 0 Å². The molecule has 0 saturated heterocycles. The standard InChI is InChI=1S/C37H24N2/c1-2-11-27(12-3-1)39(35-16-8-9-23-38-35)28-19-17-25(18-20-28)29-21-22-33-31-14-6-7-15-32(31)36-30-13-5-4-10-26(30)24-34(29)37(33)36/h1-24H. The Labute approximate surface area is 227 Å². The van der Waals surface area contributed by atoms with Gasteiger partial charge in [0.05, 0.1) is 0 Å². The third-order valence-corrected chi connectivity index (χ3v) is 7.84. The Kier molecular flexibility index (Phi) is 4.86. The molecule has 1 heterocycles. The molecule has 39 heavy (non-hydrogen) atoms. The van der Waals surface area contributed by atoms with Gasteiger partial charge in [0.2, 0.25) is 0 Å². The molecule has 1 aliphatic carbocycles. The van der Waals surface area contributed by atoms with Gasteiger partial charge in [-0.1, -0.05) is 97.1 Å². The van der Waals surface area contributed by atoms with Crippen LogP contribution >= 0.6 is 0 Å². The SMILES string of the molecule is c1ccc(N(c2ccc(-c3ccc4c5c(c6ccccc6cc35)-c3ccccc3-4)cc2)c2ccccn2)cc1. The van der Waals surface area contributed by atoms with E-state index >= 15 is 0 Å². The Bertz CT molecular complexity index is 1950. The summed E-state index contributed by atoms with van der Waals surface area (Å²) >= 11 is 0. The Hall–Kier alpha value is -5.21. The highest BCUT2D eigenvalue weighted by Gasteiger charge is 2.25. The average molecular weight is 497 g/mol. The van der Waals surface area contributed by atoms with E-state index in [2.05, 4.69) is 125 Å². The van der Waals surface area contributed by atoms with Crippen LogP contribution in [-0.4, -0.2) is 4.98 Å². The number of anilines is 3. The lowest BCUT2D eigenvalue weighted by atomic mass is 9.91. The minimum atomic E-state index is 0.894. The second kappa shape index (κ2) is 8.68. The highest BCUT2D eigenvalue weighted by molar-refractivity contribution is 6.26. The summed E-state index contributed by atoms with van der Waals surface area (Å²) in [4.78, 5) is 6.85. The van der Waals surface area contributed by atoms with Crippen molar-refractivity contribution in [3.05, 3.63) is 146 Å². The Balaban J connectivity index is 1.31. The molecule has 0 aliphatic heterocycles. The molecule has 0 saturated carbocycles. The lowest BCUT2D eigenvalue weighted by Crippen LogP contribution is -2.11. The molecule has 2 nitrogen and oxygen atoms in total. The number of hydrogen-bond acceptors (Lipinski definition) is 2. The summed E-state index contributed by atoms with van der Waals surface area (Å²) in [6.07, 6.45) is 1.84. The van der Waals surface area contributed by atoms with E-state index in [0.29, 0.717) is 0 Å². The number of aromatic nitrogens is 1. The van der Waals surface area contributed by atoms with Crippen LogP contribution in [0.4, 0.5) is 17.2 Å². The van der Waals surface area contributed by atoms with Crippen molar-refractivity contribution in [2.75, 3.05) is 4.90 Å². The monoisotopic (exact) mass is 496 g/mol. The summed E-state index contributed by atoms with van der Waals surface area (Å²) in [6.45, 7) is 0. The van der Waals surface area contributed by atoms with Gasteiger partial charge in [-0.05, 0) is 97.4 Å². The maximum absolute atomic E-state index is 4.65. The van der Waals surface area contributed by atoms with E-state index in [9.17, 15) is 0 Å². The summed E-state index contributed by atoms with van der Waals surface area (Å²) in [5.41, 5.74) is 9.96. The van der Waals surface area contributed by atoms with Crippen LogP contribution in [0, 0.1) is 0 Å². The number of fused-ring (bicyclic) bond motifs is 5. The normalized spacial score (nSPS) is 11.6. The molecule has 0 unspecified atom stereocenters. The molecule has 182 valence electrons. The Morgan fingerprint density at radius 2 is 1.15 bits per heavy atom. The molecule has 0 N–H and O–H groups in total. The zero-order chi connectivity index (χ0) is 25.8. The van der Waals surface area contributed by atoms with Gasteiger partial charge in [-0.3, -0.25) is 4.90 Å². The number of hydrogen-bond donors (Lipinski definition) is 0. The second-order valence-corrected chi connectivity index (χ2v) is 10.0. The summed E-state index contributed by atoms with van der Waals surface area (Å²) < 4.78 is 0. The fraction of sp³-hybridized carbons (Fsp3) is 0.